The highest BCUT2D eigenvalue weighted by Gasteiger charge is 2.30. The van der Waals surface area contributed by atoms with Crippen molar-refractivity contribution in [2.24, 2.45) is 0 Å². The van der Waals surface area contributed by atoms with Gasteiger partial charge in [-0.25, -0.2) is 0 Å². The van der Waals surface area contributed by atoms with Crippen LogP contribution >= 0.6 is 0 Å². The maximum Gasteiger partial charge on any atom is 0.0705 e. The van der Waals surface area contributed by atoms with E-state index in [2.05, 4.69) is 41.2 Å². The molecule has 0 unspecified atom stereocenters. The largest absolute Gasteiger partial charge is 0.390 e. The molecule has 0 radical (unpaired) electrons. The molecule has 1 N–H and O–H groups in total. The first-order valence-corrected chi connectivity index (χ1v) is 7.90. The van der Waals surface area contributed by atoms with E-state index < -0.39 is 5.60 Å². The summed E-state index contributed by atoms with van der Waals surface area (Å²) in [7, 11) is 2.13. The van der Waals surface area contributed by atoms with Crippen molar-refractivity contribution in [3.8, 4) is 0 Å². The van der Waals surface area contributed by atoms with E-state index in [-0.39, 0.29) is 0 Å². The summed E-state index contributed by atoms with van der Waals surface area (Å²) in [5.41, 5.74) is 1.95. The van der Waals surface area contributed by atoms with E-state index in [0.717, 1.165) is 37.9 Å². The Labute approximate surface area is 126 Å². The van der Waals surface area contributed by atoms with Crippen LogP contribution in [0.25, 0.3) is 10.9 Å². The lowest BCUT2D eigenvalue weighted by atomic mass is 9.98. The van der Waals surface area contributed by atoms with Gasteiger partial charge >= 0.3 is 0 Å². The topological polar surface area (TPSA) is 36.4 Å². The van der Waals surface area contributed by atoms with Crippen LogP contribution in [0.1, 0.15) is 37.7 Å². The second-order valence-corrected chi connectivity index (χ2v) is 6.41. The summed E-state index contributed by atoms with van der Waals surface area (Å²) in [6.07, 6.45) is 7.01. The first-order valence-electron chi connectivity index (χ1n) is 7.90. The van der Waals surface area contributed by atoms with Crippen molar-refractivity contribution >= 4 is 10.9 Å². The molecule has 0 amide bonds. The van der Waals surface area contributed by atoms with E-state index in [9.17, 15) is 5.11 Å². The van der Waals surface area contributed by atoms with Crippen LogP contribution < -0.4 is 0 Å². The average Bonchev–Trinajstić information content (AvgIpc) is 2.93. The predicted molar refractivity (Wildman–Crippen MR) is 86.1 cm³/mol. The van der Waals surface area contributed by atoms with E-state index in [1.165, 1.54) is 23.8 Å². The number of nitrogens with zero attached hydrogens (tertiary/aromatic N) is 2. The van der Waals surface area contributed by atoms with E-state index in [0.29, 0.717) is 0 Å². The molecule has 0 bridgehead atoms. The number of rotatable bonds is 5. The Morgan fingerprint density at radius 1 is 1.19 bits per heavy atom. The molecule has 1 saturated carbocycles. The fraction of sp³-hybridized carbons (Fsp3) is 0.500. The second-order valence-electron chi connectivity index (χ2n) is 6.41. The van der Waals surface area contributed by atoms with Crippen LogP contribution in [0.5, 0.6) is 0 Å². The van der Waals surface area contributed by atoms with Crippen molar-refractivity contribution in [3.05, 3.63) is 42.1 Å². The third-order valence-electron chi connectivity index (χ3n) is 4.67. The molecule has 2 aromatic rings. The number of fused-ring (bicyclic) bond motifs is 1. The zero-order chi connectivity index (χ0) is 14.7. The molecule has 1 heterocycles. The molecule has 21 heavy (non-hydrogen) atoms. The molecule has 3 nitrogen and oxygen atoms in total. The Bertz CT molecular complexity index is 600. The molecule has 0 saturated heterocycles. The summed E-state index contributed by atoms with van der Waals surface area (Å²) in [6, 6.07) is 10.4. The normalized spacial score (nSPS) is 17.7. The van der Waals surface area contributed by atoms with Gasteiger partial charge in [-0.3, -0.25) is 4.98 Å². The number of hydrogen-bond acceptors (Lipinski definition) is 3. The molecule has 0 aliphatic heterocycles. The molecule has 3 rings (SSSR count). The van der Waals surface area contributed by atoms with Crippen LogP contribution in [-0.4, -0.2) is 34.2 Å². The van der Waals surface area contributed by atoms with Gasteiger partial charge in [-0.15, -0.1) is 0 Å². The van der Waals surface area contributed by atoms with Gasteiger partial charge < -0.3 is 10.0 Å². The monoisotopic (exact) mass is 284 g/mol. The Morgan fingerprint density at radius 3 is 2.81 bits per heavy atom. The first kappa shape index (κ1) is 14.5. The summed E-state index contributed by atoms with van der Waals surface area (Å²) in [5, 5.41) is 11.7. The summed E-state index contributed by atoms with van der Waals surface area (Å²) in [4.78, 5) is 6.71. The Hall–Kier alpha value is -1.45. The smallest absolute Gasteiger partial charge is 0.0705 e. The quantitative estimate of drug-likeness (QED) is 0.914. The SMILES string of the molecule is CN(CCC1(O)CCCC1)Cc1cccc2ncccc12. The minimum absolute atomic E-state index is 0.408. The number of aromatic nitrogens is 1. The third kappa shape index (κ3) is 3.42. The fourth-order valence-corrected chi connectivity index (χ4v) is 3.36. The number of hydrogen-bond donors (Lipinski definition) is 1. The fourth-order valence-electron chi connectivity index (χ4n) is 3.36. The highest BCUT2D eigenvalue weighted by molar-refractivity contribution is 5.81. The zero-order valence-electron chi connectivity index (χ0n) is 12.8. The molecule has 1 fully saturated rings. The maximum atomic E-state index is 10.4. The van der Waals surface area contributed by atoms with Gasteiger partial charge in [0.2, 0.25) is 0 Å². The standard InChI is InChI=1S/C18H24N2O/c1-20(13-11-18(21)9-2-3-10-18)14-15-6-4-8-17-16(15)7-5-12-19-17/h4-8,12,21H,2-3,9-11,13-14H2,1H3. The molecule has 1 aromatic carbocycles. The lowest BCUT2D eigenvalue weighted by molar-refractivity contribution is 0.0298. The average molecular weight is 284 g/mol. The van der Waals surface area contributed by atoms with Gasteiger partial charge in [0, 0.05) is 24.7 Å². The van der Waals surface area contributed by atoms with Crippen molar-refractivity contribution in [1.29, 1.82) is 0 Å². The summed E-state index contributed by atoms with van der Waals surface area (Å²) < 4.78 is 0. The Morgan fingerprint density at radius 2 is 2.00 bits per heavy atom. The molecule has 112 valence electrons. The van der Waals surface area contributed by atoms with Gasteiger partial charge in [-0.05, 0) is 44.0 Å². The predicted octanol–water partition coefficient (Wildman–Crippen LogP) is 3.36. The van der Waals surface area contributed by atoms with E-state index in [1.807, 2.05) is 12.3 Å². The van der Waals surface area contributed by atoms with Crippen molar-refractivity contribution in [3.63, 3.8) is 0 Å². The van der Waals surface area contributed by atoms with Gasteiger partial charge in [0.05, 0.1) is 11.1 Å². The lowest BCUT2D eigenvalue weighted by Crippen LogP contribution is -2.31. The van der Waals surface area contributed by atoms with Crippen molar-refractivity contribution in [2.45, 2.75) is 44.2 Å². The van der Waals surface area contributed by atoms with Crippen LogP contribution in [0.15, 0.2) is 36.5 Å². The van der Waals surface area contributed by atoms with E-state index in [1.54, 1.807) is 0 Å². The molecule has 1 aliphatic rings. The summed E-state index contributed by atoms with van der Waals surface area (Å²) in [6.45, 7) is 1.84. The molecule has 0 atom stereocenters. The zero-order valence-corrected chi connectivity index (χ0v) is 12.8. The lowest BCUT2D eigenvalue weighted by Gasteiger charge is -2.26. The van der Waals surface area contributed by atoms with Crippen LogP contribution in [-0.2, 0) is 6.54 Å². The van der Waals surface area contributed by atoms with Crippen LogP contribution in [0.3, 0.4) is 0 Å². The Kier molecular flexibility index (Phi) is 4.22. The van der Waals surface area contributed by atoms with Crippen molar-refractivity contribution in [2.75, 3.05) is 13.6 Å². The highest BCUT2D eigenvalue weighted by Crippen LogP contribution is 2.32. The molecule has 1 aliphatic carbocycles. The van der Waals surface area contributed by atoms with Crippen LogP contribution in [0.2, 0.25) is 0 Å². The van der Waals surface area contributed by atoms with Crippen LogP contribution in [0, 0.1) is 0 Å². The minimum Gasteiger partial charge on any atom is -0.390 e. The van der Waals surface area contributed by atoms with E-state index >= 15 is 0 Å². The van der Waals surface area contributed by atoms with Gasteiger partial charge in [0.15, 0.2) is 0 Å². The van der Waals surface area contributed by atoms with Gasteiger partial charge in [-0.1, -0.05) is 31.0 Å². The third-order valence-corrected chi connectivity index (χ3v) is 4.67. The van der Waals surface area contributed by atoms with Gasteiger partial charge in [0.25, 0.3) is 0 Å². The Balaban J connectivity index is 1.65. The van der Waals surface area contributed by atoms with Crippen LogP contribution in [0.4, 0.5) is 0 Å². The van der Waals surface area contributed by atoms with Crippen molar-refractivity contribution in [1.82, 2.24) is 9.88 Å². The highest BCUT2D eigenvalue weighted by atomic mass is 16.3. The van der Waals surface area contributed by atoms with Gasteiger partial charge in [0.1, 0.15) is 0 Å². The maximum absolute atomic E-state index is 10.4. The molecular weight excluding hydrogens is 260 g/mol. The number of benzene rings is 1. The molecule has 3 heteroatoms. The molecule has 0 spiro atoms. The first-order chi connectivity index (χ1) is 10.2. The van der Waals surface area contributed by atoms with E-state index in [4.69, 9.17) is 0 Å². The van der Waals surface area contributed by atoms with Crippen molar-refractivity contribution < 1.29 is 5.11 Å². The summed E-state index contributed by atoms with van der Waals surface area (Å²) in [5.74, 6) is 0. The second kappa shape index (κ2) is 6.12. The summed E-state index contributed by atoms with van der Waals surface area (Å²) >= 11 is 0. The molecule has 1 aromatic heterocycles. The van der Waals surface area contributed by atoms with Gasteiger partial charge in [-0.2, -0.15) is 0 Å². The number of aliphatic hydroxyl groups is 1. The number of pyridine rings is 1. The minimum atomic E-state index is -0.408. The molecular formula is C18H24N2O.